The number of carbonyl (C=O) groups is 5. The van der Waals surface area contributed by atoms with E-state index in [1.807, 2.05) is 0 Å². The maximum absolute atomic E-state index is 13.3. The van der Waals surface area contributed by atoms with Gasteiger partial charge in [-0.05, 0) is 35.9 Å². The van der Waals surface area contributed by atoms with E-state index in [4.69, 9.17) is 16.3 Å². The summed E-state index contributed by atoms with van der Waals surface area (Å²) < 4.78 is 5.32. The van der Waals surface area contributed by atoms with E-state index in [0.29, 0.717) is 16.1 Å². The van der Waals surface area contributed by atoms with E-state index < -0.39 is 36.3 Å². The number of imide groups is 1. The van der Waals surface area contributed by atoms with Gasteiger partial charge in [-0.15, -0.1) is 0 Å². The molecule has 1 atom stereocenters. The number of carbonyl (C=O) groups excluding carboxylic acids is 5. The number of hydrogen-bond donors (Lipinski definition) is 1. The first kappa shape index (κ1) is 27.5. The smallest absolute Gasteiger partial charge is 0.330 e. The second-order valence-electron chi connectivity index (χ2n) is 9.27. The van der Waals surface area contributed by atoms with E-state index in [9.17, 15) is 24.0 Å². The van der Waals surface area contributed by atoms with Crippen molar-refractivity contribution in [1.82, 2.24) is 4.90 Å². The van der Waals surface area contributed by atoms with Crippen LogP contribution in [0.4, 0.5) is 5.69 Å². The van der Waals surface area contributed by atoms with Gasteiger partial charge in [-0.25, -0.2) is 4.79 Å². The molecule has 9 heteroatoms. The molecule has 1 N–H and O–H groups in total. The number of hydrogen-bond acceptors (Lipinski definition) is 6. The molecule has 4 aromatic carbocycles. The van der Waals surface area contributed by atoms with Gasteiger partial charge >= 0.3 is 5.97 Å². The Labute approximate surface area is 240 Å². The molecule has 8 nitrogen and oxygen atoms in total. The molecule has 0 bridgehead atoms. The van der Waals surface area contributed by atoms with Crippen LogP contribution in [0.25, 0.3) is 0 Å². The first-order chi connectivity index (χ1) is 19.8. The second-order valence-corrected chi connectivity index (χ2v) is 9.71. The summed E-state index contributed by atoms with van der Waals surface area (Å²) >= 11 is 6.11. The number of ether oxygens (including phenoxy) is 1. The van der Waals surface area contributed by atoms with Gasteiger partial charge in [0.2, 0.25) is 0 Å². The number of halogens is 1. The van der Waals surface area contributed by atoms with E-state index in [1.54, 1.807) is 72.8 Å². The van der Waals surface area contributed by atoms with Crippen molar-refractivity contribution in [3.63, 3.8) is 0 Å². The minimum Gasteiger partial charge on any atom is -0.454 e. The van der Waals surface area contributed by atoms with Crippen LogP contribution in [0.2, 0.25) is 5.02 Å². The lowest BCUT2D eigenvalue weighted by molar-refractivity contribution is -0.151. The summed E-state index contributed by atoms with van der Waals surface area (Å²) in [4.78, 5) is 66.4. The minimum absolute atomic E-state index is 0.000326. The summed E-state index contributed by atoms with van der Waals surface area (Å²) in [5.41, 5.74) is 1.84. The topological polar surface area (TPSA) is 110 Å². The number of rotatable bonds is 9. The molecule has 41 heavy (non-hydrogen) atoms. The minimum atomic E-state index is -1.30. The van der Waals surface area contributed by atoms with Crippen LogP contribution in [-0.2, 0) is 20.7 Å². The molecule has 5 rings (SSSR count). The first-order valence-corrected chi connectivity index (χ1v) is 13.1. The summed E-state index contributed by atoms with van der Waals surface area (Å²) in [7, 11) is 0. The maximum atomic E-state index is 13.3. The third kappa shape index (κ3) is 5.92. The van der Waals surface area contributed by atoms with E-state index in [2.05, 4.69) is 5.32 Å². The summed E-state index contributed by atoms with van der Waals surface area (Å²) in [5.74, 6) is -3.22. The van der Waals surface area contributed by atoms with Crippen molar-refractivity contribution >= 4 is 46.8 Å². The Balaban J connectivity index is 1.33. The number of esters is 1. The van der Waals surface area contributed by atoms with Gasteiger partial charge in [-0.2, -0.15) is 0 Å². The molecular formula is C32H23ClN2O6. The molecule has 4 aromatic rings. The number of benzene rings is 4. The van der Waals surface area contributed by atoms with Gasteiger partial charge in [-0.3, -0.25) is 24.1 Å². The molecule has 0 aromatic heterocycles. The molecule has 1 aliphatic rings. The highest BCUT2D eigenvalue weighted by atomic mass is 35.5. The molecule has 0 saturated carbocycles. The maximum Gasteiger partial charge on any atom is 0.330 e. The standard InChI is InChI=1S/C32H23ClN2O6/c33-22-15-16-26(25(18-22)29(37)21-11-5-2-6-12-21)34-28(36)19-41-32(40)27(17-20-9-3-1-4-10-20)35-30(38)23-13-7-8-14-24(23)31(35)39/h1-16,18,27H,17,19H2,(H,34,36)/t27-/m0/s1. The Kier molecular flexibility index (Phi) is 8.03. The van der Waals surface area contributed by atoms with Gasteiger partial charge in [-0.1, -0.05) is 84.4 Å². The fourth-order valence-electron chi connectivity index (χ4n) is 4.59. The lowest BCUT2D eigenvalue weighted by Gasteiger charge is -2.24. The monoisotopic (exact) mass is 566 g/mol. The fraction of sp³-hybridized carbons (Fsp3) is 0.0938. The molecular weight excluding hydrogens is 544 g/mol. The third-order valence-corrected chi connectivity index (χ3v) is 6.80. The van der Waals surface area contributed by atoms with Gasteiger partial charge < -0.3 is 10.1 Å². The quantitative estimate of drug-likeness (QED) is 0.174. The molecule has 0 spiro atoms. The molecule has 1 heterocycles. The van der Waals surface area contributed by atoms with Crippen molar-refractivity contribution in [2.45, 2.75) is 12.5 Å². The van der Waals surface area contributed by atoms with Crippen molar-refractivity contribution in [2.75, 3.05) is 11.9 Å². The van der Waals surface area contributed by atoms with Crippen molar-refractivity contribution in [1.29, 1.82) is 0 Å². The molecule has 0 radical (unpaired) electrons. The van der Waals surface area contributed by atoms with Crippen molar-refractivity contribution in [3.8, 4) is 0 Å². The van der Waals surface area contributed by atoms with Gasteiger partial charge in [0.25, 0.3) is 17.7 Å². The van der Waals surface area contributed by atoms with E-state index in [0.717, 1.165) is 4.90 Å². The van der Waals surface area contributed by atoms with Crippen LogP contribution in [0.1, 0.15) is 42.2 Å². The van der Waals surface area contributed by atoms with Crippen LogP contribution in [0.5, 0.6) is 0 Å². The van der Waals surface area contributed by atoms with Crippen LogP contribution < -0.4 is 5.32 Å². The van der Waals surface area contributed by atoms with Crippen LogP contribution >= 0.6 is 11.6 Å². The zero-order valence-electron chi connectivity index (χ0n) is 21.6. The number of amides is 3. The number of anilines is 1. The molecule has 0 saturated heterocycles. The van der Waals surface area contributed by atoms with E-state index in [1.165, 1.54) is 30.3 Å². The normalized spacial score (nSPS) is 13.0. The summed E-state index contributed by atoms with van der Waals surface area (Å²) in [5, 5.41) is 2.89. The highest BCUT2D eigenvalue weighted by Crippen LogP contribution is 2.27. The Morgan fingerprint density at radius 2 is 1.37 bits per heavy atom. The van der Waals surface area contributed by atoms with Crippen LogP contribution in [0.15, 0.2) is 103 Å². The average Bonchev–Trinajstić information content (AvgIpc) is 3.25. The number of fused-ring (bicyclic) bond motifs is 1. The summed E-state index contributed by atoms with van der Waals surface area (Å²) in [6, 6.07) is 26.8. The molecule has 0 aliphatic carbocycles. The largest absolute Gasteiger partial charge is 0.454 e. The van der Waals surface area contributed by atoms with Gasteiger partial charge in [0, 0.05) is 22.6 Å². The van der Waals surface area contributed by atoms with Crippen molar-refractivity contribution < 1.29 is 28.7 Å². The predicted molar refractivity (Wildman–Crippen MR) is 152 cm³/mol. The fourth-order valence-corrected chi connectivity index (χ4v) is 4.76. The van der Waals surface area contributed by atoms with Gasteiger partial charge in [0.1, 0.15) is 6.04 Å². The van der Waals surface area contributed by atoms with Crippen LogP contribution in [-0.4, -0.2) is 47.0 Å². The highest BCUT2D eigenvalue weighted by Gasteiger charge is 2.43. The number of ketones is 1. The summed E-state index contributed by atoms with van der Waals surface area (Å²) in [6.07, 6.45) is -0.000326. The van der Waals surface area contributed by atoms with Crippen LogP contribution in [0.3, 0.4) is 0 Å². The predicted octanol–water partition coefficient (Wildman–Crippen LogP) is 4.96. The lowest BCUT2D eigenvalue weighted by atomic mass is 10.0. The average molecular weight is 567 g/mol. The van der Waals surface area contributed by atoms with Gasteiger partial charge in [0.05, 0.1) is 16.8 Å². The van der Waals surface area contributed by atoms with Crippen LogP contribution in [0, 0.1) is 0 Å². The highest BCUT2D eigenvalue weighted by molar-refractivity contribution is 6.31. The Morgan fingerprint density at radius 1 is 0.780 bits per heavy atom. The van der Waals surface area contributed by atoms with Crippen molar-refractivity contribution in [2.24, 2.45) is 0 Å². The number of nitrogens with one attached hydrogen (secondary N) is 1. The molecule has 1 aliphatic heterocycles. The molecule has 3 amide bonds. The lowest BCUT2D eigenvalue weighted by Crippen LogP contribution is -2.47. The zero-order chi connectivity index (χ0) is 28.9. The Hall–Kier alpha value is -5.08. The Morgan fingerprint density at radius 3 is 2.00 bits per heavy atom. The second kappa shape index (κ2) is 12.0. The zero-order valence-corrected chi connectivity index (χ0v) is 22.3. The molecule has 0 fully saturated rings. The first-order valence-electron chi connectivity index (χ1n) is 12.7. The third-order valence-electron chi connectivity index (χ3n) is 6.56. The van der Waals surface area contributed by atoms with Crippen molar-refractivity contribution in [3.05, 3.63) is 136 Å². The Bertz CT molecular complexity index is 1620. The number of nitrogens with zero attached hydrogens (tertiary/aromatic N) is 1. The summed E-state index contributed by atoms with van der Waals surface area (Å²) in [6.45, 7) is -0.713. The van der Waals surface area contributed by atoms with E-state index in [-0.39, 0.29) is 34.6 Å². The van der Waals surface area contributed by atoms with Gasteiger partial charge in [0.15, 0.2) is 12.4 Å². The SMILES string of the molecule is O=C(COC(=O)[C@H](Cc1ccccc1)N1C(=O)c2ccccc2C1=O)Nc1ccc(Cl)cc1C(=O)c1ccccc1. The molecule has 0 unspecified atom stereocenters. The van der Waals surface area contributed by atoms with E-state index >= 15 is 0 Å². The molecule has 204 valence electrons.